The summed E-state index contributed by atoms with van der Waals surface area (Å²) in [5.74, 6) is -0.146. The molecule has 1 heterocycles. The van der Waals surface area contributed by atoms with Gasteiger partial charge in [0.05, 0.1) is 6.10 Å². The van der Waals surface area contributed by atoms with Gasteiger partial charge >= 0.3 is 12.3 Å². The zero-order valence-electron chi connectivity index (χ0n) is 8.83. The van der Waals surface area contributed by atoms with Crippen molar-refractivity contribution in [3.8, 4) is 0 Å². The summed E-state index contributed by atoms with van der Waals surface area (Å²) in [4.78, 5) is 12.4. The van der Waals surface area contributed by atoms with Crippen molar-refractivity contribution in [3.05, 3.63) is 0 Å². The first-order valence-electron chi connectivity index (χ1n) is 4.96. The van der Waals surface area contributed by atoms with Gasteiger partial charge in [0.25, 0.3) is 0 Å². The Morgan fingerprint density at radius 2 is 2.19 bits per heavy atom. The Bertz CT molecular complexity index is 257. The zero-order valence-corrected chi connectivity index (χ0v) is 8.83. The summed E-state index contributed by atoms with van der Waals surface area (Å²) in [5.41, 5.74) is 0. The van der Waals surface area contributed by atoms with Crippen molar-refractivity contribution in [3.63, 3.8) is 0 Å². The van der Waals surface area contributed by atoms with Gasteiger partial charge in [-0.3, -0.25) is 0 Å². The summed E-state index contributed by atoms with van der Waals surface area (Å²) < 4.78 is 39.5. The van der Waals surface area contributed by atoms with Gasteiger partial charge in [-0.25, -0.2) is 4.79 Å². The summed E-state index contributed by atoms with van der Waals surface area (Å²) in [7, 11) is 0. The van der Waals surface area contributed by atoms with E-state index in [1.165, 1.54) is 4.90 Å². The molecule has 94 valence electrons. The molecule has 1 N–H and O–H groups in total. The van der Waals surface area contributed by atoms with Crippen LogP contribution in [-0.2, 0) is 4.74 Å². The van der Waals surface area contributed by atoms with Gasteiger partial charge in [-0.1, -0.05) is 6.92 Å². The van der Waals surface area contributed by atoms with Crippen molar-refractivity contribution in [2.75, 3.05) is 19.7 Å². The summed E-state index contributed by atoms with van der Waals surface area (Å²) in [6.07, 6.45) is -5.62. The zero-order chi connectivity index (χ0) is 12.3. The molecule has 0 aliphatic carbocycles. The van der Waals surface area contributed by atoms with Crippen LogP contribution >= 0.6 is 0 Å². The third-order valence-electron chi connectivity index (χ3n) is 2.48. The number of hydrogen-bond donors (Lipinski definition) is 1. The number of ether oxygens (including phenoxy) is 1. The van der Waals surface area contributed by atoms with E-state index in [4.69, 9.17) is 0 Å². The minimum absolute atomic E-state index is 0.146. The predicted octanol–water partition coefficient (Wildman–Crippen LogP) is 1.39. The lowest BCUT2D eigenvalue weighted by Crippen LogP contribution is -2.45. The molecule has 0 saturated carbocycles. The average molecular weight is 241 g/mol. The number of alkyl halides is 3. The molecular weight excluding hydrogens is 227 g/mol. The number of amides is 1. The number of rotatable bonds is 1. The van der Waals surface area contributed by atoms with Crippen LogP contribution in [0, 0.1) is 5.92 Å². The molecule has 0 bridgehead atoms. The van der Waals surface area contributed by atoms with Crippen LogP contribution < -0.4 is 0 Å². The summed E-state index contributed by atoms with van der Waals surface area (Å²) in [5, 5.41) is 9.38. The van der Waals surface area contributed by atoms with E-state index < -0.39 is 25.0 Å². The van der Waals surface area contributed by atoms with Crippen LogP contribution in [0.5, 0.6) is 0 Å². The van der Waals surface area contributed by atoms with Crippen molar-refractivity contribution >= 4 is 6.09 Å². The molecule has 0 spiro atoms. The average Bonchev–Trinajstić information content (AvgIpc) is 2.17. The van der Waals surface area contributed by atoms with Crippen molar-refractivity contribution in [2.45, 2.75) is 25.6 Å². The van der Waals surface area contributed by atoms with Crippen LogP contribution in [0.25, 0.3) is 0 Å². The largest absolute Gasteiger partial charge is 0.440 e. The molecule has 1 saturated heterocycles. The van der Waals surface area contributed by atoms with Crippen LogP contribution in [0.4, 0.5) is 18.0 Å². The molecule has 1 fully saturated rings. The molecule has 0 aromatic carbocycles. The number of likely N-dealkylation sites (tertiary alicyclic amines) is 1. The number of nitrogens with zero attached hydrogens (tertiary/aromatic N) is 1. The van der Waals surface area contributed by atoms with E-state index in [9.17, 15) is 23.1 Å². The molecule has 1 aliphatic heterocycles. The monoisotopic (exact) mass is 241 g/mol. The highest BCUT2D eigenvalue weighted by molar-refractivity contribution is 5.67. The van der Waals surface area contributed by atoms with Gasteiger partial charge in [0.15, 0.2) is 6.61 Å². The second-order valence-corrected chi connectivity index (χ2v) is 3.95. The van der Waals surface area contributed by atoms with Crippen molar-refractivity contribution in [1.82, 2.24) is 4.90 Å². The van der Waals surface area contributed by atoms with Gasteiger partial charge in [0.1, 0.15) is 0 Å². The Hall–Kier alpha value is -0.980. The van der Waals surface area contributed by atoms with Crippen molar-refractivity contribution in [2.24, 2.45) is 5.92 Å². The SMILES string of the molecule is CC1CN(C(=O)OCC(F)(F)F)CCC1O. The molecular formula is C9H14F3NO3. The molecule has 1 rings (SSSR count). The molecule has 4 nitrogen and oxygen atoms in total. The smallest absolute Gasteiger partial charge is 0.422 e. The molecule has 16 heavy (non-hydrogen) atoms. The lowest BCUT2D eigenvalue weighted by Gasteiger charge is -2.33. The number of aliphatic hydroxyl groups excluding tert-OH is 1. The lowest BCUT2D eigenvalue weighted by atomic mass is 9.97. The summed E-state index contributed by atoms with van der Waals surface area (Å²) in [6.45, 7) is 0.604. The predicted molar refractivity (Wildman–Crippen MR) is 48.8 cm³/mol. The van der Waals surface area contributed by atoms with E-state index in [1.807, 2.05) is 0 Å². The lowest BCUT2D eigenvalue weighted by molar-refractivity contribution is -0.163. The first-order valence-corrected chi connectivity index (χ1v) is 4.96. The maximum atomic E-state index is 11.8. The molecule has 0 radical (unpaired) electrons. The van der Waals surface area contributed by atoms with Crippen molar-refractivity contribution in [1.29, 1.82) is 0 Å². The molecule has 1 amide bonds. The van der Waals surface area contributed by atoms with Gasteiger partial charge in [0, 0.05) is 13.1 Å². The molecule has 2 atom stereocenters. The van der Waals surface area contributed by atoms with E-state index in [0.717, 1.165) is 0 Å². The van der Waals surface area contributed by atoms with E-state index in [-0.39, 0.29) is 19.0 Å². The van der Waals surface area contributed by atoms with Gasteiger partial charge in [0.2, 0.25) is 0 Å². The Labute approximate surface area is 91.0 Å². The fraction of sp³-hybridized carbons (Fsp3) is 0.889. The van der Waals surface area contributed by atoms with Gasteiger partial charge in [-0.15, -0.1) is 0 Å². The van der Waals surface area contributed by atoms with Gasteiger partial charge in [-0.2, -0.15) is 13.2 Å². The normalized spacial score (nSPS) is 26.7. The second kappa shape index (κ2) is 4.90. The van der Waals surface area contributed by atoms with E-state index in [1.54, 1.807) is 6.92 Å². The Kier molecular flexibility index (Phi) is 4.01. The second-order valence-electron chi connectivity index (χ2n) is 3.95. The minimum Gasteiger partial charge on any atom is -0.440 e. The topological polar surface area (TPSA) is 49.8 Å². The number of piperidine rings is 1. The van der Waals surface area contributed by atoms with E-state index in [0.29, 0.717) is 6.42 Å². The summed E-state index contributed by atoms with van der Waals surface area (Å²) in [6, 6.07) is 0. The van der Waals surface area contributed by atoms with E-state index >= 15 is 0 Å². The third kappa shape index (κ3) is 3.88. The maximum Gasteiger partial charge on any atom is 0.422 e. The van der Waals surface area contributed by atoms with Crippen LogP contribution in [0.2, 0.25) is 0 Å². The first-order chi connectivity index (χ1) is 7.29. The third-order valence-corrected chi connectivity index (χ3v) is 2.48. The van der Waals surface area contributed by atoms with Crippen LogP contribution in [0.3, 0.4) is 0 Å². The van der Waals surface area contributed by atoms with Crippen LogP contribution in [0.1, 0.15) is 13.3 Å². The maximum absolute atomic E-state index is 11.8. The van der Waals surface area contributed by atoms with Crippen LogP contribution in [-0.4, -0.2) is 48.1 Å². The van der Waals surface area contributed by atoms with Crippen LogP contribution in [0.15, 0.2) is 0 Å². The minimum atomic E-state index is -4.50. The Morgan fingerprint density at radius 1 is 1.56 bits per heavy atom. The first kappa shape index (κ1) is 13.1. The molecule has 1 aliphatic rings. The van der Waals surface area contributed by atoms with Gasteiger partial charge < -0.3 is 14.7 Å². The fourth-order valence-corrected chi connectivity index (χ4v) is 1.53. The van der Waals surface area contributed by atoms with Gasteiger partial charge in [-0.05, 0) is 12.3 Å². The van der Waals surface area contributed by atoms with E-state index in [2.05, 4.69) is 4.74 Å². The number of hydrogen-bond acceptors (Lipinski definition) is 3. The fourth-order valence-electron chi connectivity index (χ4n) is 1.53. The highest BCUT2D eigenvalue weighted by Gasteiger charge is 2.33. The number of carbonyl (C=O) groups excluding carboxylic acids is 1. The molecule has 2 unspecified atom stereocenters. The molecule has 0 aromatic rings. The Balaban J connectivity index is 2.38. The summed E-state index contributed by atoms with van der Waals surface area (Å²) >= 11 is 0. The molecule has 0 aromatic heterocycles. The number of halogens is 3. The molecule has 7 heteroatoms. The number of aliphatic hydroxyl groups is 1. The standard InChI is InChI=1S/C9H14F3NO3/c1-6-4-13(3-2-7(6)14)8(15)16-5-9(10,11)12/h6-7,14H,2-5H2,1H3. The van der Waals surface area contributed by atoms with Crippen molar-refractivity contribution < 1.29 is 27.8 Å². The highest BCUT2D eigenvalue weighted by Crippen LogP contribution is 2.19. The quantitative estimate of drug-likeness (QED) is 0.754. The number of carbonyl (C=O) groups is 1. The highest BCUT2D eigenvalue weighted by atomic mass is 19.4. The Morgan fingerprint density at radius 3 is 2.69 bits per heavy atom.